The van der Waals surface area contributed by atoms with E-state index < -0.39 is 0 Å². The maximum Gasteiger partial charge on any atom is 0.219 e. The molecular weight excluding hydrogens is 1130 g/mol. The molecule has 6 aromatic heterocycles. The summed E-state index contributed by atoms with van der Waals surface area (Å²) in [6.07, 6.45) is 9.08. The predicted molar refractivity (Wildman–Crippen MR) is 346 cm³/mol. The van der Waals surface area contributed by atoms with Gasteiger partial charge in [-0.25, -0.2) is 33.7 Å². The van der Waals surface area contributed by atoms with E-state index >= 15 is 8.78 Å². The minimum absolute atomic E-state index is 0.0149. The van der Waals surface area contributed by atoms with E-state index in [-0.39, 0.29) is 51.5 Å². The number of imidazole rings is 2. The van der Waals surface area contributed by atoms with Crippen LogP contribution in [0.3, 0.4) is 0 Å². The minimum Gasteiger partial charge on any atom is -0.459 e. The van der Waals surface area contributed by atoms with Gasteiger partial charge in [-0.1, -0.05) is 36.4 Å². The maximum atomic E-state index is 17.1. The van der Waals surface area contributed by atoms with Gasteiger partial charge >= 0.3 is 0 Å². The van der Waals surface area contributed by atoms with E-state index in [0.29, 0.717) is 130 Å². The summed E-state index contributed by atoms with van der Waals surface area (Å²) in [5.41, 5.74) is 36.3. The van der Waals surface area contributed by atoms with Gasteiger partial charge in [0, 0.05) is 116 Å². The zero-order chi connectivity index (χ0) is 61.4. The highest BCUT2D eigenvalue weighted by Crippen LogP contribution is 2.47. The van der Waals surface area contributed by atoms with Crippen molar-refractivity contribution in [2.45, 2.75) is 82.5 Å². The van der Waals surface area contributed by atoms with E-state index in [0.717, 1.165) is 87.0 Å². The number of amides is 1. The van der Waals surface area contributed by atoms with Gasteiger partial charge in [-0.3, -0.25) is 18.8 Å². The number of hydrogen-bond donors (Lipinski definition) is 4. The van der Waals surface area contributed by atoms with Crippen molar-refractivity contribution >= 4 is 51.2 Å². The van der Waals surface area contributed by atoms with Gasteiger partial charge < -0.3 is 42.4 Å². The lowest BCUT2D eigenvalue weighted by molar-refractivity contribution is -0.139. The number of hydrogen-bond acceptors (Lipinski definition) is 15. The molecule has 8 N–H and O–H groups in total. The van der Waals surface area contributed by atoms with Gasteiger partial charge in [0.05, 0.1) is 33.9 Å². The Hall–Kier alpha value is -9.37. The number of carbonyl (C=O) groups is 1. The van der Waals surface area contributed by atoms with Crippen molar-refractivity contribution in [3.8, 4) is 62.5 Å². The van der Waals surface area contributed by atoms with Crippen LogP contribution in [0.4, 0.5) is 31.8 Å². The maximum absolute atomic E-state index is 17.1. The van der Waals surface area contributed by atoms with Gasteiger partial charge in [0.2, 0.25) is 11.8 Å². The lowest BCUT2D eigenvalue weighted by Crippen LogP contribution is -2.59. The van der Waals surface area contributed by atoms with Crippen LogP contribution < -0.4 is 37.5 Å². The molecule has 18 nitrogen and oxygen atoms in total. The van der Waals surface area contributed by atoms with Gasteiger partial charge in [-0.2, -0.15) is 4.98 Å². The first-order valence-corrected chi connectivity index (χ1v) is 31.3. The fraction of sp³-hybridized carbons (Fsp3) is 0.329. The third-order valence-electron chi connectivity index (χ3n) is 20.6. The summed E-state index contributed by atoms with van der Waals surface area (Å²) in [5.74, 6) is 1.44. The van der Waals surface area contributed by atoms with E-state index in [1.54, 1.807) is 25.3 Å². The highest BCUT2D eigenvalue weighted by Gasteiger charge is 2.51. The number of anilines is 4. The third-order valence-corrected chi connectivity index (χ3v) is 20.6. The first-order valence-electron chi connectivity index (χ1n) is 31.3. The number of nitrogen functional groups attached to an aromatic ring is 2. The predicted octanol–water partition coefficient (Wildman–Crippen LogP) is 10.7. The van der Waals surface area contributed by atoms with Crippen molar-refractivity contribution in [3.63, 3.8) is 0 Å². The molecule has 456 valence electrons. The summed E-state index contributed by atoms with van der Waals surface area (Å²) in [6, 6.07) is 42.2. The van der Waals surface area contributed by atoms with Crippen LogP contribution in [-0.2, 0) is 15.9 Å². The summed E-state index contributed by atoms with van der Waals surface area (Å²) >= 11 is 0. The van der Waals surface area contributed by atoms with Crippen LogP contribution in [-0.4, -0.2) is 113 Å². The molecule has 16 rings (SSSR count). The Morgan fingerprint density at radius 3 is 1.57 bits per heavy atom. The van der Waals surface area contributed by atoms with E-state index in [4.69, 9.17) is 52.6 Å². The fourth-order valence-electron chi connectivity index (χ4n) is 15.0. The smallest absolute Gasteiger partial charge is 0.219 e. The molecule has 2 aliphatic carbocycles. The van der Waals surface area contributed by atoms with Gasteiger partial charge in [-0.15, -0.1) is 0 Å². The Morgan fingerprint density at radius 2 is 1.04 bits per heavy atom. The third kappa shape index (κ3) is 9.23. The Morgan fingerprint density at radius 1 is 0.533 bits per heavy atom. The van der Waals surface area contributed by atoms with Crippen LogP contribution in [0.5, 0.6) is 5.88 Å². The largest absolute Gasteiger partial charge is 0.459 e. The molecule has 1 atom stereocenters. The molecule has 0 bridgehead atoms. The van der Waals surface area contributed by atoms with E-state index in [9.17, 15) is 4.79 Å². The number of nitrogens with zero attached hydrogens (tertiary/aromatic N) is 12. The van der Waals surface area contributed by atoms with E-state index in [1.165, 1.54) is 0 Å². The Labute approximate surface area is 519 Å². The second-order valence-corrected chi connectivity index (χ2v) is 26.4. The molecule has 4 aromatic carbocycles. The highest BCUT2D eigenvalue weighted by molar-refractivity contribution is 5.87. The first-order chi connectivity index (χ1) is 43.5. The van der Waals surface area contributed by atoms with Crippen molar-refractivity contribution in [3.05, 3.63) is 162 Å². The zero-order valence-corrected chi connectivity index (χ0v) is 50.4. The number of rotatable bonds is 13. The van der Waals surface area contributed by atoms with Crippen LogP contribution >= 0.6 is 0 Å². The van der Waals surface area contributed by atoms with Gasteiger partial charge in [0.1, 0.15) is 22.7 Å². The molecule has 6 fully saturated rings. The molecule has 10 heterocycles. The van der Waals surface area contributed by atoms with Gasteiger partial charge in [0.15, 0.2) is 40.8 Å². The number of fused-ring (bicyclic) bond motifs is 2. The van der Waals surface area contributed by atoms with Crippen molar-refractivity contribution in [2.75, 3.05) is 73.6 Å². The van der Waals surface area contributed by atoms with Crippen LogP contribution in [0, 0.1) is 22.5 Å². The van der Waals surface area contributed by atoms with Crippen molar-refractivity contribution < 1.29 is 18.3 Å². The molecule has 4 saturated heterocycles. The standard InChI is InChI=1S/C70H70F2N16O2/c1-42(89)85-38-68(39-85)32-35-84(37-68)56-11-3-8-48(59(56)71)52-22-25-55-66(78-52)88(47-19-15-45(16-20-47)70(76)29-7-30-70)64(81-55)51-21-26-58(82-62(51)74)90-43(2)83-34-31-67(36-83)40-86(41-67)57-12-4-9-49(60(57)72)53-23-24-54-65(79-53)87(63(80-54)50-10-5-33-77-61(50)73)46-17-13-44(14-18-46)69(75)27-6-28-69/h3-5,8-26,33,43H,6-7,27-32,34-41,75-76H2,1-2H3,(H2,73,77)(H2,74,82). The van der Waals surface area contributed by atoms with Crippen LogP contribution in [0.15, 0.2) is 140 Å². The Bertz CT molecular complexity index is 4510. The Kier molecular flexibility index (Phi) is 13.0. The first kappa shape index (κ1) is 55.9. The van der Waals surface area contributed by atoms with E-state index in [2.05, 4.69) is 43.9 Å². The molecule has 6 aliphatic rings. The summed E-state index contributed by atoms with van der Waals surface area (Å²) in [7, 11) is 0. The molecule has 10 aromatic rings. The summed E-state index contributed by atoms with van der Waals surface area (Å²) in [4.78, 5) is 50.0. The van der Waals surface area contributed by atoms with Gasteiger partial charge in [-0.05, 0) is 160 Å². The van der Waals surface area contributed by atoms with Crippen molar-refractivity contribution in [1.29, 1.82) is 0 Å². The number of carbonyl (C=O) groups excluding carboxylic acids is 1. The SMILES string of the molecule is CC(=O)N1CC2(CCN(c3cccc(-c4ccc5nc(-c6ccc(OC(C)N7CCC8(CN(c9cccc(-c%10ccc%11nc(-c%12cccnc%12N)n(-c%12ccc(C%13(N)CCC%13)cc%12)c%11n%10)c9F)C8)C7)nc6N)n(-c6ccc(C7(N)CCC7)cc6)c5n4)c3F)C2)C1. The molecule has 1 unspecified atom stereocenters. The molecular formula is C70H70F2N16O2. The van der Waals surface area contributed by atoms with Crippen molar-refractivity contribution in [1.82, 2.24) is 48.8 Å². The molecule has 4 aliphatic heterocycles. The van der Waals surface area contributed by atoms with E-state index in [1.807, 2.05) is 118 Å². The second kappa shape index (κ2) is 20.9. The normalized spacial score (nSPS) is 19.1. The number of aromatic nitrogens is 8. The quantitative estimate of drug-likeness (QED) is 0.0841. The fourth-order valence-corrected chi connectivity index (χ4v) is 15.0. The van der Waals surface area contributed by atoms with Crippen LogP contribution in [0.1, 0.15) is 76.3 Å². The minimum atomic E-state index is -0.360. The monoisotopic (exact) mass is 1200 g/mol. The van der Waals surface area contributed by atoms with Crippen molar-refractivity contribution in [2.24, 2.45) is 22.3 Å². The lowest BCUT2D eigenvalue weighted by atomic mass is 9.73. The number of likely N-dealkylation sites (tertiary alicyclic amines) is 2. The number of halogens is 2. The molecule has 2 saturated carbocycles. The molecule has 0 radical (unpaired) electrons. The average Bonchev–Trinajstić information content (AvgIpc) is 1.64. The average molecular weight is 1210 g/mol. The molecule has 90 heavy (non-hydrogen) atoms. The number of nitrogens with two attached hydrogens (primary N) is 4. The number of ether oxygens (including phenoxy) is 1. The Balaban J connectivity index is 0.630. The number of benzene rings is 4. The highest BCUT2D eigenvalue weighted by atomic mass is 19.1. The van der Waals surface area contributed by atoms with Crippen LogP contribution in [0.2, 0.25) is 0 Å². The van der Waals surface area contributed by atoms with Gasteiger partial charge in [0.25, 0.3) is 0 Å². The second-order valence-electron chi connectivity index (χ2n) is 26.4. The molecule has 1 amide bonds. The summed E-state index contributed by atoms with van der Waals surface area (Å²) in [6.45, 7) is 9.34. The molecule has 20 heteroatoms. The zero-order valence-electron chi connectivity index (χ0n) is 50.4. The molecule has 2 spiro atoms. The van der Waals surface area contributed by atoms with Crippen LogP contribution in [0.25, 0.3) is 79.0 Å². The number of pyridine rings is 4. The topological polar surface area (TPSA) is 231 Å². The summed E-state index contributed by atoms with van der Waals surface area (Å²) < 4.78 is 44.4. The summed E-state index contributed by atoms with van der Waals surface area (Å²) in [5, 5.41) is 0. The lowest BCUT2D eigenvalue weighted by Gasteiger charge is -2.49.